The summed E-state index contributed by atoms with van der Waals surface area (Å²) in [6.07, 6.45) is 0. The Hall–Kier alpha value is -4.17. The highest BCUT2D eigenvalue weighted by Gasteiger charge is 2.30. The molecule has 1 fully saturated rings. The van der Waals surface area contributed by atoms with Crippen molar-refractivity contribution in [3.63, 3.8) is 0 Å². The summed E-state index contributed by atoms with van der Waals surface area (Å²) in [6.45, 7) is 3.54. The van der Waals surface area contributed by atoms with E-state index in [1.807, 2.05) is 35.2 Å². The van der Waals surface area contributed by atoms with Gasteiger partial charge >= 0.3 is 5.97 Å². The molecular formula is C31H31ClFN3O4. The van der Waals surface area contributed by atoms with E-state index >= 15 is 0 Å². The monoisotopic (exact) mass is 563 g/mol. The molecule has 1 aromatic heterocycles. The molecule has 5 rings (SSSR count). The van der Waals surface area contributed by atoms with Crippen LogP contribution in [0.2, 0.25) is 5.02 Å². The zero-order chi connectivity index (χ0) is 27.5. The molecule has 0 bridgehead atoms. The van der Waals surface area contributed by atoms with Gasteiger partial charge in [0.25, 0.3) is 11.5 Å². The molecular weight excluding hydrogens is 533 g/mol. The second kappa shape index (κ2) is 12.3. The molecule has 4 aromatic rings. The number of hydrogen-bond acceptors (Lipinski definition) is 5. The topological polar surface area (TPSA) is 71.8 Å². The number of piperazine rings is 1. The van der Waals surface area contributed by atoms with Crippen LogP contribution < -0.4 is 10.5 Å². The van der Waals surface area contributed by atoms with Gasteiger partial charge in [0.15, 0.2) is 0 Å². The van der Waals surface area contributed by atoms with Crippen LogP contribution in [0.4, 0.5) is 10.1 Å². The number of fused-ring (bicyclic) bond motifs is 1. The zero-order valence-corrected chi connectivity index (χ0v) is 22.2. The largest absolute Gasteiger partial charge is 0.462 e. The SMILES string of the molecule is C.CCOC(=O)c1c(N2CCN(C(=O)c3ccc(F)cc3)CC2)c2cc(Cl)ccc2n(Cc2ccccc2)c1=O. The molecule has 0 aliphatic carbocycles. The van der Waals surface area contributed by atoms with Crippen LogP contribution in [0.25, 0.3) is 10.9 Å². The third-order valence-corrected chi connectivity index (χ3v) is 7.07. The first-order valence-electron chi connectivity index (χ1n) is 12.7. The number of ether oxygens (including phenoxy) is 1. The predicted octanol–water partition coefficient (Wildman–Crippen LogP) is 5.62. The number of esters is 1. The van der Waals surface area contributed by atoms with Crippen LogP contribution >= 0.6 is 11.6 Å². The van der Waals surface area contributed by atoms with Crippen molar-refractivity contribution in [3.05, 3.63) is 111 Å². The molecule has 2 heterocycles. The summed E-state index contributed by atoms with van der Waals surface area (Å²) >= 11 is 6.42. The van der Waals surface area contributed by atoms with Gasteiger partial charge in [0.2, 0.25) is 0 Å². The number of nitrogens with zero attached hydrogens (tertiary/aromatic N) is 3. The Morgan fingerprint density at radius 1 is 0.950 bits per heavy atom. The lowest BCUT2D eigenvalue weighted by Gasteiger charge is -2.37. The van der Waals surface area contributed by atoms with E-state index in [1.54, 1.807) is 34.6 Å². The summed E-state index contributed by atoms with van der Waals surface area (Å²) < 4.78 is 20.2. The Kier molecular flexibility index (Phi) is 8.90. The Balaban J connectivity index is 0.00000370. The van der Waals surface area contributed by atoms with Crippen molar-refractivity contribution in [1.82, 2.24) is 9.47 Å². The fourth-order valence-electron chi connectivity index (χ4n) is 4.96. The molecule has 208 valence electrons. The minimum absolute atomic E-state index is 0. The summed E-state index contributed by atoms with van der Waals surface area (Å²) in [5.74, 6) is -1.31. The van der Waals surface area contributed by atoms with Crippen LogP contribution in [-0.2, 0) is 11.3 Å². The molecule has 9 heteroatoms. The first-order valence-corrected chi connectivity index (χ1v) is 13.1. The molecule has 1 amide bonds. The zero-order valence-electron chi connectivity index (χ0n) is 21.4. The third kappa shape index (κ3) is 5.72. The van der Waals surface area contributed by atoms with E-state index in [9.17, 15) is 18.8 Å². The van der Waals surface area contributed by atoms with E-state index in [1.165, 1.54) is 24.3 Å². The van der Waals surface area contributed by atoms with Gasteiger partial charge < -0.3 is 19.1 Å². The molecule has 0 saturated carbocycles. The Bertz CT molecular complexity index is 1580. The van der Waals surface area contributed by atoms with E-state index in [4.69, 9.17) is 16.3 Å². The lowest BCUT2D eigenvalue weighted by Crippen LogP contribution is -2.49. The maximum atomic E-state index is 13.9. The minimum atomic E-state index is -0.703. The first kappa shape index (κ1) is 28.8. The number of carbonyl (C=O) groups excluding carboxylic acids is 2. The molecule has 0 atom stereocenters. The summed E-state index contributed by atoms with van der Waals surface area (Å²) in [5.41, 5.74) is 1.90. The van der Waals surface area contributed by atoms with Gasteiger partial charge in [0, 0.05) is 42.2 Å². The molecule has 3 aromatic carbocycles. The van der Waals surface area contributed by atoms with Gasteiger partial charge in [-0.3, -0.25) is 9.59 Å². The van der Waals surface area contributed by atoms with Crippen LogP contribution in [0.5, 0.6) is 0 Å². The number of hydrogen-bond donors (Lipinski definition) is 0. The van der Waals surface area contributed by atoms with Crippen molar-refractivity contribution in [2.24, 2.45) is 0 Å². The molecule has 0 spiro atoms. The number of benzene rings is 3. The van der Waals surface area contributed by atoms with Crippen LogP contribution in [-0.4, -0.2) is 54.1 Å². The second-order valence-corrected chi connectivity index (χ2v) is 9.71. The van der Waals surface area contributed by atoms with Gasteiger partial charge in [-0.05, 0) is 55.0 Å². The molecule has 1 saturated heterocycles. The summed E-state index contributed by atoms with van der Waals surface area (Å²) in [6, 6.07) is 20.2. The van der Waals surface area contributed by atoms with Gasteiger partial charge in [0.1, 0.15) is 11.4 Å². The average Bonchev–Trinajstić information content (AvgIpc) is 2.95. The average molecular weight is 564 g/mol. The molecule has 40 heavy (non-hydrogen) atoms. The highest BCUT2D eigenvalue weighted by atomic mass is 35.5. The van der Waals surface area contributed by atoms with E-state index in [-0.39, 0.29) is 32.0 Å². The maximum Gasteiger partial charge on any atom is 0.345 e. The number of carbonyl (C=O) groups is 2. The van der Waals surface area contributed by atoms with Crippen LogP contribution in [0.3, 0.4) is 0 Å². The molecule has 0 radical (unpaired) electrons. The highest BCUT2D eigenvalue weighted by molar-refractivity contribution is 6.31. The van der Waals surface area contributed by atoms with E-state index in [0.717, 1.165) is 5.56 Å². The lowest BCUT2D eigenvalue weighted by atomic mass is 10.0. The Morgan fingerprint density at radius 2 is 1.62 bits per heavy atom. The molecule has 7 nitrogen and oxygen atoms in total. The van der Waals surface area contributed by atoms with Crippen molar-refractivity contribution in [1.29, 1.82) is 0 Å². The molecule has 1 aliphatic rings. The number of halogens is 2. The number of anilines is 1. The van der Waals surface area contributed by atoms with E-state index < -0.39 is 17.3 Å². The van der Waals surface area contributed by atoms with Crippen molar-refractivity contribution in [2.75, 3.05) is 37.7 Å². The second-order valence-electron chi connectivity index (χ2n) is 9.27. The van der Waals surface area contributed by atoms with Gasteiger partial charge in [0.05, 0.1) is 24.4 Å². The normalized spacial score (nSPS) is 13.2. The minimum Gasteiger partial charge on any atom is -0.462 e. The number of pyridine rings is 1. The van der Waals surface area contributed by atoms with Gasteiger partial charge in [-0.25, -0.2) is 9.18 Å². The quantitative estimate of drug-likeness (QED) is 0.285. The fourth-order valence-corrected chi connectivity index (χ4v) is 5.13. The Labute approximate surface area is 237 Å². The summed E-state index contributed by atoms with van der Waals surface area (Å²) in [4.78, 5) is 43.8. The number of aromatic nitrogens is 1. The Morgan fingerprint density at radius 3 is 2.27 bits per heavy atom. The molecule has 1 aliphatic heterocycles. The van der Waals surface area contributed by atoms with E-state index in [2.05, 4.69) is 0 Å². The van der Waals surface area contributed by atoms with Gasteiger partial charge in [-0.2, -0.15) is 0 Å². The van der Waals surface area contributed by atoms with Crippen LogP contribution in [0, 0.1) is 5.82 Å². The van der Waals surface area contributed by atoms with Gasteiger partial charge in [-0.1, -0.05) is 49.4 Å². The number of amides is 1. The smallest absolute Gasteiger partial charge is 0.345 e. The molecule has 0 N–H and O–H groups in total. The standard InChI is InChI=1S/C30H27ClFN3O4.CH4/c1-2-39-30(38)26-27(33-14-16-34(17-15-33)28(36)21-8-11-23(32)12-9-21)24-18-22(31)10-13-25(24)35(29(26)37)19-20-6-4-3-5-7-20;/h3-13,18H,2,14-17,19H2,1H3;1H4. The van der Waals surface area contributed by atoms with Crippen LogP contribution in [0.15, 0.2) is 77.6 Å². The maximum absolute atomic E-state index is 13.9. The fraction of sp³-hybridized carbons (Fsp3) is 0.258. The number of rotatable bonds is 6. The van der Waals surface area contributed by atoms with Crippen molar-refractivity contribution >= 4 is 40.1 Å². The van der Waals surface area contributed by atoms with Gasteiger partial charge in [-0.15, -0.1) is 0 Å². The highest BCUT2D eigenvalue weighted by Crippen LogP contribution is 2.33. The predicted molar refractivity (Wildman–Crippen MR) is 156 cm³/mol. The summed E-state index contributed by atoms with van der Waals surface area (Å²) in [7, 11) is 0. The lowest BCUT2D eigenvalue weighted by molar-refractivity contribution is 0.0523. The van der Waals surface area contributed by atoms with Crippen molar-refractivity contribution in [3.8, 4) is 0 Å². The van der Waals surface area contributed by atoms with Crippen molar-refractivity contribution in [2.45, 2.75) is 20.9 Å². The van der Waals surface area contributed by atoms with E-state index in [0.29, 0.717) is 53.4 Å². The van der Waals surface area contributed by atoms with Crippen LogP contribution in [0.1, 0.15) is 40.6 Å². The first-order chi connectivity index (χ1) is 18.9. The molecule has 0 unspecified atom stereocenters. The summed E-state index contributed by atoms with van der Waals surface area (Å²) in [5, 5.41) is 1.12. The third-order valence-electron chi connectivity index (χ3n) is 6.84. The van der Waals surface area contributed by atoms with Crippen molar-refractivity contribution < 1.29 is 18.7 Å².